The Labute approximate surface area is 254 Å². The smallest absolute Gasteiger partial charge is 0.416 e. The second kappa shape index (κ2) is 13.8. The summed E-state index contributed by atoms with van der Waals surface area (Å²) in [4.78, 5) is 28.9. The third kappa shape index (κ3) is 8.94. The first-order valence-corrected chi connectivity index (χ1v) is 13.6. The molecule has 236 valence electrons. The summed E-state index contributed by atoms with van der Waals surface area (Å²) in [6.07, 6.45) is -1.48. The molecule has 13 heteroatoms. The molecule has 0 spiro atoms. The first-order valence-electron chi connectivity index (χ1n) is 13.6. The van der Waals surface area contributed by atoms with Crippen molar-refractivity contribution in [1.29, 1.82) is 0 Å². The summed E-state index contributed by atoms with van der Waals surface area (Å²) in [6.45, 7) is 8.94. The van der Waals surface area contributed by atoms with Gasteiger partial charge in [0.05, 0.1) is 29.7 Å². The monoisotopic (exact) mass is 613 g/mol. The number of nitrogens with one attached hydrogen (secondary N) is 4. The van der Waals surface area contributed by atoms with Crippen molar-refractivity contribution in [2.75, 3.05) is 29.8 Å². The van der Waals surface area contributed by atoms with Crippen molar-refractivity contribution >= 4 is 34.7 Å². The predicted octanol–water partition coefficient (Wildman–Crippen LogP) is 5.41. The Bertz CT molecular complexity index is 1530. The number of hydrazine groups is 1. The number of benzene rings is 2. The minimum atomic E-state index is -4.64. The third-order valence-corrected chi connectivity index (χ3v) is 6.42. The van der Waals surface area contributed by atoms with Crippen LogP contribution in [0.25, 0.3) is 5.70 Å². The van der Waals surface area contributed by atoms with Crippen LogP contribution in [0.5, 0.6) is 5.75 Å². The van der Waals surface area contributed by atoms with Gasteiger partial charge in [-0.25, -0.2) is 10.8 Å². The summed E-state index contributed by atoms with van der Waals surface area (Å²) < 4.78 is 46.9. The third-order valence-electron chi connectivity index (χ3n) is 6.42. The number of carbonyl (C=O) groups excluding carboxylic acids is 2. The van der Waals surface area contributed by atoms with Gasteiger partial charge in [-0.2, -0.15) is 13.2 Å². The second-order valence-electron chi connectivity index (χ2n) is 11.1. The lowest BCUT2D eigenvalue weighted by Crippen LogP contribution is -2.35. The molecule has 0 saturated heterocycles. The molecular weight excluding hydrogens is 575 g/mol. The number of aryl methyl sites for hydroxylation is 1. The number of methoxy groups -OCH3 is 1. The number of anilines is 3. The lowest BCUT2D eigenvalue weighted by atomic mass is 10.0. The Morgan fingerprint density at radius 1 is 1.05 bits per heavy atom. The molecule has 0 bridgehead atoms. The van der Waals surface area contributed by atoms with Crippen molar-refractivity contribution in [2.24, 2.45) is 5.84 Å². The van der Waals surface area contributed by atoms with Crippen LogP contribution in [-0.2, 0) is 17.5 Å². The largest absolute Gasteiger partial charge is 0.494 e. The van der Waals surface area contributed by atoms with Gasteiger partial charge < -0.3 is 26.0 Å². The van der Waals surface area contributed by atoms with Gasteiger partial charge in [0.2, 0.25) is 5.91 Å². The number of ether oxygens (including phenoxy) is 1. The van der Waals surface area contributed by atoms with E-state index in [-0.39, 0.29) is 40.6 Å². The molecule has 0 aliphatic rings. The Hall–Kier alpha value is -4.62. The van der Waals surface area contributed by atoms with Crippen molar-refractivity contribution < 1.29 is 27.5 Å². The van der Waals surface area contributed by atoms with Gasteiger partial charge in [-0.3, -0.25) is 14.6 Å². The zero-order valence-electron chi connectivity index (χ0n) is 25.7. The minimum Gasteiger partial charge on any atom is -0.494 e. The van der Waals surface area contributed by atoms with E-state index in [0.717, 1.165) is 17.7 Å². The molecule has 3 rings (SSSR count). The van der Waals surface area contributed by atoms with Crippen LogP contribution in [0.15, 0.2) is 54.9 Å². The predicted molar refractivity (Wildman–Crippen MR) is 166 cm³/mol. The number of aromatic nitrogens is 1. The number of halogens is 3. The van der Waals surface area contributed by atoms with E-state index in [1.54, 1.807) is 50.6 Å². The number of alkyl halides is 3. The molecule has 0 radical (unpaired) electrons. The van der Waals surface area contributed by atoms with Crippen LogP contribution in [0.3, 0.4) is 0 Å². The summed E-state index contributed by atoms with van der Waals surface area (Å²) >= 11 is 0. The highest BCUT2D eigenvalue weighted by atomic mass is 19.4. The van der Waals surface area contributed by atoms with Crippen molar-refractivity contribution in [3.8, 4) is 5.75 Å². The fraction of sp³-hybridized carbons (Fsp3) is 0.323. The van der Waals surface area contributed by atoms with E-state index >= 15 is 0 Å². The minimum absolute atomic E-state index is 0.0852. The van der Waals surface area contributed by atoms with Gasteiger partial charge in [0.15, 0.2) is 0 Å². The molecule has 2 amide bonds. The zero-order chi connectivity index (χ0) is 32.8. The molecule has 0 unspecified atom stereocenters. The van der Waals surface area contributed by atoms with Crippen molar-refractivity contribution in [2.45, 2.75) is 52.9 Å². The summed E-state index contributed by atoms with van der Waals surface area (Å²) in [5, 5.41) is 12.7. The molecular formula is C31H38F3N7O3. The Kier molecular flexibility index (Phi) is 10.6. The van der Waals surface area contributed by atoms with Gasteiger partial charge in [0, 0.05) is 55.1 Å². The normalized spacial score (nSPS) is 12.0. The maximum atomic E-state index is 13.8. The Balaban J connectivity index is 1.94. The molecule has 44 heavy (non-hydrogen) atoms. The molecule has 6 N–H and O–H groups in total. The summed E-state index contributed by atoms with van der Waals surface area (Å²) in [5.74, 6) is 6.01. The number of nitrogens with zero attached hydrogens (tertiary/aromatic N) is 2. The molecule has 2 aromatic carbocycles. The maximum Gasteiger partial charge on any atom is 0.416 e. The van der Waals surface area contributed by atoms with Crippen LogP contribution in [0.4, 0.5) is 30.4 Å². The highest BCUT2D eigenvalue weighted by Crippen LogP contribution is 2.38. The van der Waals surface area contributed by atoms with Crippen LogP contribution in [0.1, 0.15) is 60.3 Å². The van der Waals surface area contributed by atoms with Crippen molar-refractivity contribution in [3.63, 3.8) is 0 Å². The van der Waals surface area contributed by atoms with E-state index in [9.17, 15) is 22.8 Å². The zero-order valence-corrected chi connectivity index (χ0v) is 25.7. The highest BCUT2D eigenvalue weighted by molar-refractivity contribution is 6.06. The number of pyridine rings is 1. The molecule has 0 aliphatic heterocycles. The quantitative estimate of drug-likeness (QED) is 0.151. The first kappa shape index (κ1) is 33.9. The van der Waals surface area contributed by atoms with E-state index in [1.165, 1.54) is 25.1 Å². The Morgan fingerprint density at radius 2 is 1.73 bits per heavy atom. The van der Waals surface area contributed by atoms with Gasteiger partial charge >= 0.3 is 6.18 Å². The van der Waals surface area contributed by atoms with E-state index in [1.807, 2.05) is 20.8 Å². The lowest BCUT2D eigenvalue weighted by molar-refractivity contribution is -0.137. The Morgan fingerprint density at radius 3 is 2.27 bits per heavy atom. The standard InChI is InChI=1S/C31H38F3N7O3/c1-18-8-9-20(13-26(18)41(35)17-25(36-6)21-10-11-27(37-15-21)39-19(2)42)29(43)40-24-14-23(31(32,33)34)12-22(28(24)44-7)16-38-30(3,4)5/h8-15,17,36,38H,16,35H2,1-7H3,(H,40,43)(H,37,39,42)/b25-17-. The van der Waals surface area contributed by atoms with Gasteiger partial charge in [-0.1, -0.05) is 6.07 Å². The van der Waals surface area contributed by atoms with E-state index in [4.69, 9.17) is 10.6 Å². The summed E-state index contributed by atoms with van der Waals surface area (Å²) in [6, 6.07) is 10.0. The highest BCUT2D eigenvalue weighted by Gasteiger charge is 2.33. The number of hydrogen-bond acceptors (Lipinski definition) is 8. The average molecular weight is 614 g/mol. The van der Waals surface area contributed by atoms with Crippen molar-refractivity contribution in [1.82, 2.24) is 15.6 Å². The lowest BCUT2D eigenvalue weighted by Gasteiger charge is -2.23. The molecule has 0 fully saturated rings. The van der Waals surface area contributed by atoms with Crippen molar-refractivity contribution in [3.05, 3.63) is 82.7 Å². The summed E-state index contributed by atoms with van der Waals surface area (Å²) in [7, 11) is 3.04. The van der Waals surface area contributed by atoms with E-state index in [2.05, 4.69) is 26.3 Å². The summed E-state index contributed by atoms with van der Waals surface area (Å²) in [5.41, 5.74) is 1.49. The van der Waals surface area contributed by atoms with Crippen LogP contribution in [0.2, 0.25) is 0 Å². The molecule has 1 aromatic heterocycles. The van der Waals surface area contributed by atoms with Crippen LogP contribution >= 0.6 is 0 Å². The van der Waals surface area contributed by atoms with Gasteiger partial charge in [0.1, 0.15) is 11.6 Å². The molecule has 1 heterocycles. The van der Waals surface area contributed by atoms with E-state index in [0.29, 0.717) is 22.8 Å². The molecule has 10 nitrogen and oxygen atoms in total. The fourth-order valence-electron chi connectivity index (χ4n) is 4.20. The number of carbonyl (C=O) groups is 2. The number of hydrogen-bond donors (Lipinski definition) is 5. The van der Waals surface area contributed by atoms with Crippen LogP contribution in [0, 0.1) is 6.92 Å². The fourth-order valence-corrected chi connectivity index (χ4v) is 4.20. The molecule has 0 aliphatic carbocycles. The van der Waals surface area contributed by atoms with Gasteiger partial charge in [-0.15, -0.1) is 0 Å². The van der Waals surface area contributed by atoms with Crippen LogP contribution < -0.4 is 36.9 Å². The molecule has 0 saturated carbocycles. The molecule has 3 aromatic rings. The SMILES string of the molecule is CN/C(=C\N(N)c1cc(C(=O)Nc2cc(C(F)(F)F)cc(CNC(C)(C)C)c2OC)ccc1C)c1ccc(NC(C)=O)nc1. The number of rotatable bonds is 10. The number of nitrogens with two attached hydrogens (primary N) is 1. The van der Waals surface area contributed by atoms with Gasteiger partial charge in [0.25, 0.3) is 5.91 Å². The number of amides is 2. The maximum absolute atomic E-state index is 13.8. The topological polar surface area (TPSA) is 134 Å². The second-order valence-corrected chi connectivity index (χ2v) is 11.1. The average Bonchev–Trinajstić information content (AvgIpc) is 2.94. The van der Waals surface area contributed by atoms with Crippen LogP contribution in [-0.4, -0.2) is 36.5 Å². The van der Waals surface area contributed by atoms with Gasteiger partial charge in [-0.05, 0) is 69.7 Å². The van der Waals surface area contributed by atoms with E-state index < -0.39 is 17.6 Å². The molecule has 0 atom stereocenters. The first-order chi connectivity index (χ1) is 20.5.